The Hall–Kier alpha value is -2.64. The van der Waals surface area contributed by atoms with Crippen molar-refractivity contribution in [3.05, 3.63) is 77.6 Å². The number of aromatic nitrogens is 3. The molecule has 0 aliphatic heterocycles. The van der Waals surface area contributed by atoms with E-state index in [-0.39, 0.29) is 18.0 Å². The van der Waals surface area contributed by atoms with Crippen LogP contribution in [0.3, 0.4) is 0 Å². The summed E-state index contributed by atoms with van der Waals surface area (Å²) >= 11 is 1.43. The van der Waals surface area contributed by atoms with Crippen LogP contribution >= 0.6 is 11.8 Å². The zero-order chi connectivity index (χ0) is 22.2. The Balaban J connectivity index is 1.74. The van der Waals surface area contributed by atoms with Gasteiger partial charge in [0.1, 0.15) is 0 Å². The molecule has 0 unspecified atom stereocenters. The highest BCUT2D eigenvalue weighted by Crippen LogP contribution is 2.26. The SMILES string of the molecule is CC[C@H](c1nnc(SCC(=O)N[C@H](C)c2ccccc2)n1Cc1ccccc1)N(C)C. The van der Waals surface area contributed by atoms with Crippen molar-refractivity contribution in [1.82, 2.24) is 25.0 Å². The minimum Gasteiger partial charge on any atom is -0.349 e. The predicted molar refractivity (Wildman–Crippen MR) is 126 cm³/mol. The third kappa shape index (κ3) is 6.18. The number of rotatable bonds is 10. The zero-order valence-corrected chi connectivity index (χ0v) is 19.5. The van der Waals surface area contributed by atoms with E-state index < -0.39 is 0 Å². The van der Waals surface area contributed by atoms with Crippen LogP contribution in [0.15, 0.2) is 65.8 Å². The molecule has 0 aliphatic carbocycles. The number of hydrogen-bond donors (Lipinski definition) is 1. The van der Waals surface area contributed by atoms with Crippen molar-refractivity contribution in [1.29, 1.82) is 0 Å². The summed E-state index contributed by atoms with van der Waals surface area (Å²) in [7, 11) is 4.11. The van der Waals surface area contributed by atoms with Gasteiger partial charge in [0.25, 0.3) is 0 Å². The van der Waals surface area contributed by atoms with E-state index in [0.717, 1.165) is 23.0 Å². The minimum atomic E-state index is -0.0368. The fourth-order valence-electron chi connectivity index (χ4n) is 3.58. The molecule has 31 heavy (non-hydrogen) atoms. The first-order valence-electron chi connectivity index (χ1n) is 10.6. The molecule has 164 valence electrons. The highest BCUT2D eigenvalue weighted by Gasteiger charge is 2.23. The number of amides is 1. The molecule has 7 heteroatoms. The number of hydrogen-bond acceptors (Lipinski definition) is 5. The average molecular weight is 438 g/mol. The van der Waals surface area contributed by atoms with E-state index >= 15 is 0 Å². The van der Waals surface area contributed by atoms with Crippen LogP contribution in [-0.4, -0.2) is 45.4 Å². The number of nitrogens with zero attached hydrogens (tertiary/aromatic N) is 4. The Morgan fingerprint density at radius 1 is 1.06 bits per heavy atom. The third-order valence-electron chi connectivity index (χ3n) is 5.25. The van der Waals surface area contributed by atoms with Crippen LogP contribution in [0.4, 0.5) is 0 Å². The number of carbonyl (C=O) groups excluding carboxylic acids is 1. The van der Waals surface area contributed by atoms with Gasteiger partial charge < -0.3 is 9.88 Å². The summed E-state index contributed by atoms with van der Waals surface area (Å²) in [4.78, 5) is 14.7. The van der Waals surface area contributed by atoms with Gasteiger partial charge in [0.15, 0.2) is 11.0 Å². The standard InChI is InChI=1S/C24H31N5OS/c1-5-21(28(3)4)23-26-27-24(29(23)16-19-12-8-6-9-13-19)31-17-22(30)25-18(2)20-14-10-7-11-15-20/h6-15,18,21H,5,16-17H2,1-4H3,(H,25,30)/t18-,21-/m1/s1. The van der Waals surface area contributed by atoms with Crippen LogP contribution in [0.2, 0.25) is 0 Å². The molecule has 0 aliphatic rings. The molecule has 6 nitrogen and oxygen atoms in total. The van der Waals surface area contributed by atoms with Gasteiger partial charge in [0.2, 0.25) is 5.91 Å². The Labute approximate surface area is 189 Å². The Morgan fingerprint density at radius 2 is 1.71 bits per heavy atom. The summed E-state index contributed by atoms with van der Waals surface area (Å²) in [6.45, 7) is 4.83. The van der Waals surface area contributed by atoms with Crippen molar-refractivity contribution in [3.63, 3.8) is 0 Å². The van der Waals surface area contributed by atoms with Crippen molar-refractivity contribution in [2.45, 2.75) is 44.1 Å². The first kappa shape index (κ1) is 23.0. The summed E-state index contributed by atoms with van der Waals surface area (Å²) in [5.41, 5.74) is 2.27. The summed E-state index contributed by atoms with van der Waals surface area (Å²) in [5, 5.41) is 12.8. The van der Waals surface area contributed by atoms with Crippen LogP contribution < -0.4 is 5.32 Å². The van der Waals surface area contributed by atoms with E-state index in [2.05, 4.69) is 58.1 Å². The predicted octanol–water partition coefficient (Wildman–Crippen LogP) is 4.31. The summed E-state index contributed by atoms with van der Waals surface area (Å²) in [6, 6.07) is 20.4. The molecule has 2 aromatic carbocycles. The molecular formula is C24H31N5OS. The van der Waals surface area contributed by atoms with Crippen molar-refractivity contribution in [2.75, 3.05) is 19.8 Å². The quantitative estimate of drug-likeness (QED) is 0.479. The molecule has 0 saturated carbocycles. The molecule has 1 N–H and O–H groups in total. The molecule has 0 saturated heterocycles. The van der Waals surface area contributed by atoms with Crippen LogP contribution in [0.1, 0.15) is 49.3 Å². The molecule has 0 radical (unpaired) electrons. The second-order valence-corrected chi connectivity index (χ2v) is 8.73. The fourth-order valence-corrected chi connectivity index (χ4v) is 4.34. The molecule has 1 aromatic heterocycles. The van der Waals surface area contributed by atoms with Gasteiger partial charge in [-0.2, -0.15) is 0 Å². The van der Waals surface area contributed by atoms with Gasteiger partial charge in [-0.15, -0.1) is 10.2 Å². The lowest BCUT2D eigenvalue weighted by Crippen LogP contribution is -2.28. The highest BCUT2D eigenvalue weighted by atomic mass is 32.2. The molecule has 0 bridgehead atoms. The summed E-state index contributed by atoms with van der Waals surface area (Å²) < 4.78 is 2.14. The van der Waals surface area contributed by atoms with Gasteiger partial charge in [-0.05, 0) is 38.6 Å². The Morgan fingerprint density at radius 3 is 2.32 bits per heavy atom. The van der Waals surface area contributed by atoms with Gasteiger partial charge in [-0.25, -0.2) is 0 Å². The number of thioether (sulfide) groups is 1. The molecule has 0 fully saturated rings. The maximum atomic E-state index is 12.6. The van der Waals surface area contributed by atoms with E-state index in [1.165, 1.54) is 17.3 Å². The van der Waals surface area contributed by atoms with Crippen LogP contribution in [0.5, 0.6) is 0 Å². The van der Waals surface area contributed by atoms with Crippen molar-refractivity contribution in [2.24, 2.45) is 0 Å². The normalized spacial score (nSPS) is 13.2. The molecular weight excluding hydrogens is 406 g/mol. The topological polar surface area (TPSA) is 63.1 Å². The monoisotopic (exact) mass is 437 g/mol. The second kappa shape index (κ2) is 11.1. The lowest BCUT2D eigenvalue weighted by Gasteiger charge is -2.23. The zero-order valence-electron chi connectivity index (χ0n) is 18.7. The summed E-state index contributed by atoms with van der Waals surface area (Å²) in [5.74, 6) is 1.21. The summed E-state index contributed by atoms with van der Waals surface area (Å²) in [6.07, 6.45) is 0.930. The van der Waals surface area contributed by atoms with Crippen molar-refractivity contribution >= 4 is 17.7 Å². The molecule has 1 heterocycles. The first-order chi connectivity index (χ1) is 15.0. The second-order valence-electron chi connectivity index (χ2n) is 7.79. The van der Waals surface area contributed by atoms with Gasteiger partial charge >= 0.3 is 0 Å². The maximum Gasteiger partial charge on any atom is 0.230 e. The lowest BCUT2D eigenvalue weighted by molar-refractivity contribution is -0.119. The van der Waals surface area contributed by atoms with E-state index in [1.807, 2.05) is 55.5 Å². The van der Waals surface area contributed by atoms with E-state index in [9.17, 15) is 4.79 Å². The van der Waals surface area contributed by atoms with Crippen molar-refractivity contribution < 1.29 is 4.79 Å². The minimum absolute atomic E-state index is 0.0168. The lowest BCUT2D eigenvalue weighted by atomic mass is 10.1. The number of carbonyl (C=O) groups is 1. The molecule has 1 amide bonds. The Bertz CT molecular complexity index is 959. The molecule has 2 atom stereocenters. The molecule has 3 aromatic rings. The van der Waals surface area contributed by atoms with Crippen LogP contribution in [0.25, 0.3) is 0 Å². The molecule has 3 rings (SSSR count). The molecule has 0 spiro atoms. The number of nitrogens with one attached hydrogen (secondary N) is 1. The van der Waals surface area contributed by atoms with E-state index in [0.29, 0.717) is 12.3 Å². The maximum absolute atomic E-state index is 12.6. The van der Waals surface area contributed by atoms with Gasteiger partial charge in [-0.1, -0.05) is 79.3 Å². The van der Waals surface area contributed by atoms with Gasteiger partial charge in [0.05, 0.1) is 24.4 Å². The largest absolute Gasteiger partial charge is 0.349 e. The van der Waals surface area contributed by atoms with Crippen LogP contribution in [0, 0.1) is 0 Å². The van der Waals surface area contributed by atoms with Gasteiger partial charge in [-0.3, -0.25) is 9.69 Å². The third-order valence-corrected chi connectivity index (χ3v) is 6.21. The highest BCUT2D eigenvalue weighted by molar-refractivity contribution is 7.99. The van der Waals surface area contributed by atoms with Gasteiger partial charge in [0, 0.05) is 0 Å². The average Bonchev–Trinajstić information content (AvgIpc) is 3.16. The van der Waals surface area contributed by atoms with E-state index in [1.54, 1.807) is 0 Å². The van der Waals surface area contributed by atoms with Crippen molar-refractivity contribution in [3.8, 4) is 0 Å². The Kier molecular flexibility index (Phi) is 8.26. The number of benzene rings is 2. The smallest absolute Gasteiger partial charge is 0.230 e. The van der Waals surface area contributed by atoms with E-state index in [4.69, 9.17) is 0 Å². The van der Waals surface area contributed by atoms with Crippen LogP contribution in [-0.2, 0) is 11.3 Å². The fraction of sp³-hybridized carbons (Fsp3) is 0.375. The first-order valence-corrected chi connectivity index (χ1v) is 11.6.